The van der Waals surface area contributed by atoms with Gasteiger partial charge in [-0.15, -0.1) is 0 Å². The molecule has 0 atom stereocenters. The van der Waals surface area contributed by atoms with Crippen LogP contribution in [0.15, 0.2) is 6.07 Å². The molecule has 0 unspecified atom stereocenters. The predicted molar refractivity (Wildman–Crippen MR) is 51.2 cm³/mol. The van der Waals surface area contributed by atoms with E-state index in [4.69, 9.17) is 11.6 Å². The van der Waals surface area contributed by atoms with Gasteiger partial charge in [0.2, 0.25) is 5.82 Å². The Morgan fingerprint density at radius 1 is 1.11 bits per heavy atom. The number of anilines is 1. The van der Waals surface area contributed by atoms with Gasteiger partial charge in [-0.3, -0.25) is 0 Å². The van der Waals surface area contributed by atoms with E-state index in [1.54, 1.807) is 0 Å². The molecule has 1 N–H and O–H groups in total. The quantitative estimate of drug-likeness (QED) is 0.684. The molecular formula is C8H6ClF6N3. The SMILES string of the molecule is FC(F)(F)CCNc1cc(Cl)nc(C(F)(F)F)n1. The summed E-state index contributed by atoms with van der Waals surface area (Å²) in [5.74, 6) is -1.92. The number of hydrogen-bond donors (Lipinski definition) is 1. The van der Waals surface area contributed by atoms with Crippen molar-refractivity contribution in [2.45, 2.75) is 18.8 Å². The van der Waals surface area contributed by atoms with E-state index in [0.717, 1.165) is 6.07 Å². The molecule has 0 aliphatic rings. The molecule has 1 heterocycles. The average molecular weight is 294 g/mol. The number of nitrogens with one attached hydrogen (secondary N) is 1. The van der Waals surface area contributed by atoms with Crippen LogP contribution in [0.2, 0.25) is 5.15 Å². The van der Waals surface area contributed by atoms with E-state index in [-0.39, 0.29) is 0 Å². The lowest BCUT2D eigenvalue weighted by atomic mass is 10.4. The fourth-order valence-electron chi connectivity index (χ4n) is 0.967. The van der Waals surface area contributed by atoms with Crippen molar-refractivity contribution in [2.24, 2.45) is 0 Å². The molecule has 1 aromatic heterocycles. The van der Waals surface area contributed by atoms with Crippen molar-refractivity contribution in [3.63, 3.8) is 0 Å². The molecular weight excluding hydrogens is 288 g/mol. The van der Waals surface area contributed by atoms with Gasteiger partial charge in [0.05, 0.1) is 6.42 Å². The molecule has 0 saturated heterocycles. The molecule has 0 fully saturated rings. The number of hydrogen-bond acceptors (Lipinski definition) is 3. The van der Waals surface area contributed by atoms with Gasteiger partial charge in [-0.2, -0.15) is 26.3 Å². The maximum Gasteiger partial charge on any atom is 0.451 e. The lowest BCUT2D eigenvalue weighted by Crippen LogP contribution is -2.17. The zero-order chi connectivity index (χ0) is 14.0. The topological polar surface area (TPSA) is 37.8 Å². The van der Waals surface area contributed by atoms with Crippen molar-refractivity contribution in [1.82, 2.24) is 9.97 Å². The second-order valence-electron chi connectivity index (χ2n) is 3.19. The Bertz CT molecular complexity index is 416. The molecule has 0 aliphatic carbocycles. The van der Waals surface area contributed by atoms with Gasteiger partial charge in [0.1, 0.15) is 11.0 Å². The highest BCUT2D eigenvalue weighted by Crippen LogP contribution is 2.28. The van der Waals surface area contributed by atoms with Crippen molar-refractivity contribution in [3.05, 3.63) is 17.0 Å². The Morgan fingerprint density at radius 3 is 2.22 bits per heavy atom. The molecule has 10 heteroatoms. The fourth-order valence-corrected chi connectivity index (χ4v) is 1.15. The van der Waals surface area contributed by atoms with Crippen molar-refractivity contribution >= 4 is 17.4 Å². The van der Waals surface area contributed by atoms with Crippen LogP contribution < -0.4 is 5.32 Å². The van der Waals surface area contributed by atoms with Crippen LogP contribution in [0.3, 0.4) is 0 Å². The summed E-state index contributed by atoms with van der Waals surface area (Å²) in [5.41, 5.74) is 0. The minimum atomic E-state index is -4.81. The lowest BCUT2D eigenvalue weighted by Gasteiger charge is -2.10. The van der Waals surface area contributed by atoms with Crippen molar-refractivity contribution in [3.8, 4) is 0 Å². The molecule has 1 rings (SSSR count). The van der Waals surface area contributed by atoms with E-state index in [0.29, 0.717) is 0 Å². The third kappa shape index (κ3) is 4.94. The van der Waals surface area contributed by atoms with E-state index in [1.165, 1.54) is 0 Å². The van der Waals surface area contributed by atoms with Gasteiger partial charge < -0.3 is 5.32 Å². The molecule has 102 valence electrons. The molecule has 0 amide bonds. The van der Waals surface area contributed by atoms with E-state index in [1.807, 2.05) is 0 Å². The van der Waals surface area contributed by atoms with Crippen LogP contribution in [0, 0.1) is 0 Å². The molecule has 0 spiro atoms. The number of aromatic nitrogens is 2. The smallest absolute Gasteiger partial charge is 0.370 e. The highest BCUT2D eigenvalue weighted by atomic mass is 35.5. The lowest BCUT2D eigenvalue weighted by molar-refractivity contribution is -0.145. The standard InChI is InChI=1S/C8H6ClF6N3/c9-4-3-5(16-2-1-7(10,11)12)18-6(17-4)8(13,14)15/h3H,1-2H2,(H,16,17,18). The molecule has 3 nitrogen and oxygen atoms in total. The van der Waals surface area contributed by atoms with Crippen LogP contribution >= 0.6 is 11.6 Å². The van der Waals surface area contributed by atoms with Crippen LogP contribution in [0.25, 0.3) is 0 Å². The van der Waals surface area contributed by atoms with Crippen LogP contribution in [-0.2, 0) is 6.18 Å². The van der Waals surface area contributed by atoms with Gasteiger partial charge in [-0.25, -0.2) is 9.97 Å². The first-order chi connectivity index (χ1) is 8.08. The molecule has 0 radical (unpaired) electrons. The largest absolute Gasteiger partial charge is 0.451 e. The minimum Gasteiger partial charge on any atom is -0.370 e. The predicted octanol–water partition coefficient (Wildman–Crippen LogP) is 3.51. The third-order valence-corrected chi connectivity index (χ3v) is 1.86. The zero-order valence-electron chi connectivity index (χ0n) is 8.53. The second-order valence-corrected chi connectivity index (χ2v) is 3.58. The molecule has 0 saturated carbocycles. The van der Waals surface area contributed by atoms with Crippen LogP contribution in [-0.4, -0.2) is 22.7 Å². The maximum absolute atomic E-state index is 12.3. The second kappa shape index (κ2) is 5.17. The normalized spacial score (nSPS) is 12.6. The van der Waals surface area contributed by atoms with Gasteiger partial charge in [-0.05, 0) is 0 Å². The summed E-state index contributed by atoms with van der Waals surface area (Å²) in [6.45, 7) is -0.603. The average Bonchev–Trinajstić information content (AvgIpc) is 2.13. The van der Waals surface area contributed by atoms with E-state index in [2.05, 4.69) is 15.3 Å². The van der Waals surface area contributed by atoms with Crippen LogP contribution in [0.5, 0.6) is 0 Å². The summed E-state index contributed by atoms with van der Waals surface area (Å²) in [6, 6.07) is 0.910. The molecule has 1 aromatic rings. The van der Waals surface area contributed by atoms with Gasteiger partial charge in [0.25, 0.3) is 0 Å². The first-order valence-corrected chi connectivity index (χ1v) is 4.88. The van der Waals surface area contributed by atoms with E-state index < -0.39 is 42.1 Å². The van der Waals surface area contributed by atoms with Crippen LogP contribution in [0.4, 0.5) is 32.2 Å². The molecule has 0 bridgehead atoms. The summed E-state index contributed by atoms with van der Waals surface area (Å²) < 4.78 is 72.3. The number of alkyl halides is 6. The summed E-state index contributed by atoms with van der Waals surface area (Å²) in [7, 11) is 0. The monoisotopic (exact) mass is 293 g/mol. The highest BCUT2D eigenvalue weighted by molar-refractivity contribution is 6.29. The maximum atomic E-state index is 12.3. The molecule has 18 heavy (non-hydrogen) atoms. The Morgan fingerprint density at radius 2 is 1.72 bits per heavy atom. The van der Waals surface area contributed by atoms with Gasteiger partial charge >= 0.3 is 12.4 Å². The number of halogens is 7. The fraction of sp³-hybridized carbons (Fsp3) is 0.500. The number of nitrogens with zero attached hydrogens (tertiary/aromatic N) is 2. The van der Waals surface area contributed by atoms with Crippen molar-refractivity contribution in [1.29, 1.82) is 0 Å². The summed E-state index contributed by atoms with van der Waals surface area (Å²) >= 11 is 5.31. The zero-order valence-corrected chi connectivity index (χ0v) is 9.29. The van der Waals surface area contributed by atoms with Crippen molar-refractivity contribution < 1.29 is 26.3 Å². The summed E-state index contributed by atoms with van der Waals surface area (Å²) in [4.78, 5) is 5.95. The Labute approximate surface area is 102 Å². The Hall–Kier alpha value is -1.25. The van der Waals surface area contributed by atoms with Crippen molar-refractivity contribution in [2.75, 3.05) is 11.9 Å². The van der Waals surface area contributed by atoms with Gasteiger partial charge in [0, 0.05) is 12.6 Å². The first-order valence-electron chi connectivity index (χ1n) is 4.50. The van der Waals surface area contributed by atoms with E-state index in [9.17, 15) is 26.3 Å². The first kappa shape index (κ1) is 14.8. The van der Waals surface area contributed by atoms with Crippen LogP contribution in [0.1, 0.15) is 12.2 Å². The molecule has 0 aromatic carbocycles. The van der Waals surface area contributed by atoms with Gasteiger partial charge in [-0.1, -0.05) is 11.6 Å². The molecule has 0 aliphatic heterocycles. The highest BCUT2D eigenvalue weighted by Gasteiger charge is 2.35. The summed E-state index contributed by atoms with van der Waals surface area (Å²) in [5, 5.41) is 1.59. The van der Waals surface area contributed by atoms with Gasteiger partial charge in [0.15, 0.2) is 0 Å². The van der Waals surface area contributed by atoms with E-state index >= 15 is 0 Å². The Kier molecular flexibility index (Phi) is 4.25. The summed E-state index contributed by atoms with van der Waals surface area (Å²) in [6.07, 6.45) is -10.4. The number of rotatable bonds is 3. The Balaban J connectivity index is 2.75. The third-order valence-electron chi connectivity index (χ3n) is 1.66. The minimum absolute atomic E-state index is 0.411.